The molecule has 4 aromatic rings. The van der Waals surface area contributed by atoms with E-state index in [9.17, 15) is 5.11 Å². The van der Waals surface area contributed by atoms with Gasteiger partial charge in [-0.2, -0.15) is 0 Å². The summed E-state index contributed by atoms with van der Waals surface area (Å²) >= 11 is 5.83. The lowest BCUT2D eigenvalue weighted by Gasteiger charge is -2.29. The quantitative estimate of drug-likeness (QED) is 0.439. The minimum absolute atomic E-state index is 0.171. The lowest BCUT2D eigenvalue weighted by atomic mass is 10.0. The van der Waals surface area contributed by atoms with Gasteiger partial charge in [-0.1, -0.05) is 6.07 Å². The second-order valence-corrected chi connectivity index (χ2v) is 8.24. The van der Waals surface area contributed by atoms with Gasteiger partial charge in [-0.3, -0.25) is 4.98 Å². The molecule has 0 radical (unpaired) electrons. The molecule has 1 fully saturated rings. The van der Waals surface area contributed by atoms with E-state index in [0.29, 0.717) is 10.9 Å². The summed E-state index contributed by atoms with van der Waals surface area (Å²) < 4.78 is 13.2. The molecule has 0 spiro atoms. The zero-order chi connectivity index (χ0) is 22.4. The molecule has 2 aromatic carbocycles. The van der Waals surface area contributed by atoms with Gasteiger partial charge in [-0.25, -0.2) is 0 Å². The zero-order valence-corrected chi connectivity index (χ0v) is 18.3. The fraction of sp³-hybridized carbons (Fsp3) is 0.120. The minimum Gasteiger partial charge on any atom is -0.508 e. The predicted molar refractivity (Wildman–Crippen MR) is 128 cm³/mol. The van der Waals surface area contributed by atoms with Crippen molar-refractivity contribution in [3.8, 4) is 22.9 Å². The summed E-state index contributed by atoms with van der Waals surface area (Å²) in [6.07, 6.45) is 3.80. The molecule has 2 N–H and O–H groups in total. The molecule has 2 unspecified atom stereocenters. The van der Waals surface area contributed by atoms with Crippen molar-refractivity contribution in [2.24, 2.45) is 0 Å². The lowest BCUT2D eigenvalue weighted by molar-refractivity contribution is 0.174. The van der Waals surface area contributed by atoms with Crippen molar-refractivity contribution in [3.63, 3.8) is 0 Å². The number of aromatic hydroxyl groups is 1. The van der Waals surface area contributed by atoms with Crippen LogP contribution in [0.4, 0.5) is 5.69 Å². The number of aromatic nitrogens is 2. The average Bonchev–Trinajstić information content (AvgIpc) is 3.57. The maximum atomic E-state index is 9.75. The van der Waals surface area contributed by atoms with Gasteiger partial charge in [0.05, 0.1) is 11.7 Å². The first-order chi connectivity index (χ1) is 16.2. The highest BCUT2D eigenvalue weighted by Gasteiger charge is 2.42. The van der Waals surface area contributed by atoms with Gasteiger partial charge >= 0.3 is 0 Å². The molecule has 2 aromatic heterocycles. The molecule has 1 saturated heterocycles. The number of phenolic OH excluding ortho intramolecular Hbond substituents is 1. The van der Waals surface area contributed by atoms with Gasteiger partial charge in [0, 0.05) is 35.5 Å². The van der Waals surface area contributed by atoms with E-state index < -0.39 is 0 Å². The number of rotatable bonds is 4. The third-order valence-electron chi connectivity index (χ3n) is 5.94. The smallest absolute Gasteiger partial charge is 0.231 e. The monoisotopic (exact) mass is 456 g/mol. The second kappa shape index (κ2) is 7.83. The van der Waals surface area contributed by atoms with Gasteiger partial charge in [0.25, 0.3) is 0 Å². The molecule has 164 valence electrons. The predicted octanol–water partition coefficient (Wildman–Crippen LogP) is 4.48. The molecule has 6 rings (SSSR count). The molecule has 2 aliphatic rings. The maximum absolute atomic E-state index is 9.75. The molecule has 2 atom stereocenters. The molecule has 0 saturated carbocycles. The highest BCUT2D eigenvalue weighted by atomic mass is 32.1. The van der Waals surface area contributed by atoms with Gasteiger partial charge < -0.3 is 29.4 Å². The molecular weight excluding hydrogens is 436 g/mol. The van der Waals surface area contributed by atoms with Crippen LogP contribution in [0.15, 0.2) is 85.2 Å². The third kappa shape index (κ3) is 3.35. The van der Waals surface area contributed by atoms with Crippen molar-refractivity contribution in [1.82, 2.24) is 14.9 Å². The second-order valence-electron chi connectivity index (χ2n) is 7.85. The first-order valence-corrected chi connectivity index (χ1v) is 11.0. The third-order valence-corrected chi connectivity index (χ3v) is 6.26. The summed E-state index contributed by atoms with van der Waals surface area (Å²) in [5, 5.41) is 13.8. The van der Waals surface area contributed by atoms with Gasteiger partial charge in [0.2, 0.25) is 6.79 Å². The number of benzene rings is 2. The van der Waals surface area contributed by atoms with Crippen molar-refractivity contribution in [2.75, 3.05) is 11.7 Å². The molecular formula is C25H20N4O3S. The Hall–Kier alpha value is -4.04. The van der Waals surface area contributed by atoms with Gasteiger partial charge in [0.1, 0.15) is 11.8 Å². The Labute approximate surface area is 195 Å². The molecule has 2 aliphatic heterocycles. The Balaban J connectivity index is 1.50. The van der Waals surface area contributed by atoms with Crippen LogP contribution in [0.2, 0.25) is 0 Å². The van der Waals surface area contributed by atoms with Crippen molar-refractivity contribution in [3.05, 3.63) is 96.6 Å². The summed E-state index contributed by atoms with van der Waals surface area (Å²) in [5.74, 6) is 1.65. The Morgan fingerprint density at radius 1 is 0.939 bits per heavy atom. The topological polar surface area (TPSA) is 71.8 Å². The van der Waals surface area contributed by atoms with E-state index in [1.54, 1.807) is 18.3 Å². The van der Waals surface area contributed by atoms with E-state index in [2.05, 4.69) is 25.8 Å². The number of ether oxygens (including phenoxy) is 2. The number of hydrogen-bond donors (Lipinski definition) is 2. The molecule has 0 bridgehead atoms. The number of nitrogens with one attached hydrogen (secondary N) is 1. The number of thiocarbonyl (C=S) groups is 1. The van der Waals surface area contributed by atoms with Crippen LogP contribution in [-0.4, -0.2) is 26.6 Å². The van der Waals surface area contributed by atoms with E-state index in [-0.39, 0.29) is 24.6 Å². The Morgan fingerprint density at radius 3 is 2.58 bits per heavy atom. The normalized spacial score (nSPS) is 19.0. The largest absolute Gasteiger partial charge is 0.508 e. The van der Waals surface area contributed by atoms with E-state index in [1.807, 2.05) is 60.8 Å². The van der Waals surface area contributed by atoms with E-state index >= 15 is 0 Å². The molecule has 4 heterocycles. The van der Waals surface area contributed by atoms with Gasteiger partial charge in [-0.05, 0) is 72.9 Å². The fourth-order valence-corrected chi connectivity index (χ4v) is 4.80. The number of nitrogens with zero attached hydrogens (tertiary/aromatic N) is 3. The van der Waals surface area contributed by atoms with E-state index in [4.69, 9.17) is 21.7 Å². The molecule has 0 amide bonds. The number of pyridine rings is 1. The van der Waals surface area contributed by atoms with Crippen molar-refractivity contribution < 1.29 is 14.6 Å². The van der Waals surface area contributed by atoms with Crippen LogP contribution >= 0.6 is 12.2 Å². The zero-order valence-electron chi connectivity index (χ0n) is 17.5. The molecule has 8 heteroatoms. The van der Waals surface area contributed by atoms with E-state index in [1.165, 1.54) is 0 Å². The minimum atomic E-state index is -0.184. The Morgan fingerprint density at radius 2 is 1.76 bits per heavy atom. The van der Waals surface area contributed by atoms with E-state index in [0.717, 1.165) is 28.5 Å². The van der Waals surface area contributed by atoms with Crippen molar-refractivity contribution in [2.45, 2.75) is 12.1 Å². The van der Waals surface area contributed by atoms with Crippen LogP contribution in [-0.2, 0) is 0 Å². The maximum Gasteiger partial charge on any atom is 0.231 e. The van der Waals surface area contributed by atoms with Crippen molar-refractivity contribution >= 4 is 23.0 Å². The summed E-state index contributed by atoms with van der Waals surface area (Å²) in [6, 6.07) is 22.6. The van der Waals surface area contributed by atoms with Crippen LogP contribution in [0.1, 0.15) is 23.5 Å². The Kier molecular flexibility index (Phi) is 4.66. The number of phenols is 1. The van der Waals surface area contributed by atoms with Crippen LogP contribution in [0.25, 0.3) is 5.69 Å². The van der Waals surface area contributed by atoms with Crippen LogP contribution in [0.5, 0.6) is 17.2 Å². The van der Waals surface area contributed by atoms with Gasteiger partial charge in [0.15, 0.2) is 16.6 Å². The van der Waals surface area contributed by atoms with Crippen LogP contribution in [0, 0.1) is 0 Å². The molecule has 7 nitrogen and oxygen atoms in total. The summed E-state index contributed by atoms with van der Waals surface area (Å²) in [5.41, 5.74) is 3.77. The van der Waals surface area contributed by atoms with Gasteiger partial charge in [-0.15, -0.1) is 0 Å². The number of hydrogen-bond acceptors (Lipinski definition) is 5. The highest BCUT2D eigenvalue weighted by Crippen LogP contribution is 2.44. The number of anilines is 1. The molecule has 0 aliphatic carbocycles. The lowest BCUT2D eigenvalue weighted by Crippen LogP contribution is -2.30. The first-order valence-electron chi connectivity index (χ1n) is 10.6. The van der Waals surface area contributed by atoms with Crippen LogP contribution in [0.3, 0.4) is 0 Å². The first kappa shape index (κ1) is 19.6. The fourth-order valence-electron chi connectivity index (χ4n) is 4.45. The molecule has 33 heavy (non-hydrogen) atoms. The van der Waals surface area contributed by atoms with Crippen molar-refractivity contribution in [1.29, 1.82) is 0 Å². The summed E-state index contributed by atoms with van der Waals surface area (Å²) in [4.78, 5) is 6.72. The number of fused-ring (bicyclic) bond motifs is 1. The average molecular weight is 457 g/mol. The van der Waals surface area contributed by atoms with Crippen LogP contribution < -0.4 is 19.7 Å². The summed E-state index contributed by atoms with van der Waals surface area (Å²) in [6.45, 7) is 0.213. The SMILES string of the molecule is Oc1ccc(-n2cccc2C2C(c3ccccn3)NC(=S)N2c2ccc3c(c2)OCO3)cc1. The standard InChI is InChI=1S/C25H20N4O3S/c30-18-9-6-16(7-10-18)28-13-3-5-20(28)24-23(19-4-1-2-12-26-19)27-25(33)29(24)17-8-11-21-22(14-17)32-15-31-21/h1-14,23-24,30H,15H2,(H,27,33). The Bertz CT molecular complexity index is 1320. The summed E-state index contributed by atoms with van der Waals surface area (Å²) in [7, 11) is 0. The highest BCUT2D eigenvalue weighted by molar-refractivity contribution is 7.80.